The van der Waals surface area contributed by atoms with Crippen molar-refractivity contribution in [1.29, 1.82) is 0 Å². The Hall–Kier alpha value is -3.26. The third-order valence-electron chi connectivity index (χ3n) is 5.45. The van der Waals surface area contributed by atoms with Gasteiger partial charge in [-0.3, -0.25) is 9.59 Å². The molecule has 0 unspecified atom stereocenters. The minimum atomic E-state index is -0.115. The maximum absolute atomic E-state index is 13.4. The van der Waals surface area contributed by atoms with E-state index in [0.717, 1.165) is 27.9 Å². The predicted molar refractivity (Wildman–Crippen MR) is 124 cm³/mol. The van der Waals surface area contributed by atoms with E-state index in [2.05, 4.69) is 11.8 Å². The van der Waals surface area contributed by atoms with Gasteiger partial charge in [0, 0.05) is 43.9 Å². The molecule has 0 N–H and O–H groups in total. The Morgan fingerprint density at radius 1 is 1.00 bits per heavy atom. The molecule has 0 radical (unpaired) electrons. The lowest BCUT2D eigenvalue weighted by atomic mass is 10.00. The Balaban J connectivity index is 1.83. The summed E-state index contributed by atoms with van der Waals surface area (Å²) in [5.41, 5.74) is 5.06. The standard InChI is InChI=1S/C26H30N2O3/c1-17-7-8-21(12-11-20-9-10-20)15-23(17)28(6)26(30)25-18(2)13-22(14-19(25)3)31-16-24(29)27(4)5/h7-8,13-15,20H,9-10,16H2,1-6H3. The van der Waals surface area contributed by atoms with E-state index in [9.17, 15) is 9.59 Å². The van der Waals surface area contributed by atoms with E-state index in [4.69, 9.17) is 4.74 Å². The van der Waals surface area contributed by atoms with Crippen molar-refractivity contribution in [3.05, 3.63) is 58.1 Å². The van der Waals surface area contributed by atoms with Crippen LogP contribution in [-0.2, 0) is 4.79 Å². The van der Waals surface area contributed by atoms with Gasteiger partial charge >= 0.3 is 0 Å². The molecule has 3 rings (SSSR count). The van der Waals surface area contributed by atoms with Gasteiger partial charge < -0.3 is 14.5 Å². The highest BCUT2D eigenvalue weighted by atomic mass is 16.5. The Morgan fingerprint density at radius 2 is 1.65 bits per heavy atom. The average molecular weight is 419 g/mol. The number of hydrogen-bond acceptors (Lipinski definition) is 3. The zero-order chi connectivity index (χ0) is 22.7. The van der Waals surface area contributed by atoms with Gasteiger partial charge in [-0.1, -0.05) is 17.9 Å². The molecule has 5 nitrogen and oxygen atoms in total. The molecule has 31 heavy (non-hydrogen) atoms. The van der Waals surface area contributed by atoms with Crippen molar-refractivity contribution in [2.45, 2.75) is 33.6 Å². The van der Waals surface area contributed by atoms with E-state index in [-0.39, 0.29) is 18.4 Å². The van der Waals surface area contributed by atoms with Crippen LogP contribution in [0.4, 0.5) is 5.69 Å². The van der Waals surface area contributed by atoms with Crippen molar-refractivity contribution >= 4 is 17.5 Å². The number of amides is 2. The first-order valence-electron chi connectivity index (χ1n) is 10.5. The number of hydrogen-bond donors (Lipinski definition) is 0. The van der Waals surface area contributed by atoms with Crippen molar-refractivity contribution in [2.75, 3.05) is 32.6 Å². The molecule has 2 amide bonds. The van der Waals surface area contributed by atoms with Crippen molar-refractivity contribution in [3.8, 4) is 17.6 Å². The molecule has 0 spiro atoms. The van der Waals surface area contributed by atoms with Crippen LogP contribution in [0.2, 0.25) is 0 Å². The second kappa shape index (κ2) is 9.26. The van der Waals surface area contributed by atoms with E-state index in [1.165, 1.54) is 17.7 Å². The number of anilines is 1. The maximum atomic E-state index is 13.4. The highest BCUT2D eigenvalue weighted by molar-refractivity contribution is 6.08. The van der Waals surface area contributed by atoms with Crippen LogP contribution in [0, 0.1) is 38.5 Å². The molecule has 2 aromatic rings. The van der Waals surface area contributed by atoms with Gasteiger partial charge in [0.05, 0.1) is 0 Å². The number of rotatable bonds is 5. The Labute approximate surface area is 185 Å². The number of carbonyl (C=O) groups excluding carboxylic acids is 2. The molecule has 2 aromatic carbocycles. The number of likely N-dealkylation sites (N-methyl/N-ethyl adjacent to an activating group) is 1. The molecular weight excluding hydrogens is 388 g/mol. The molecule has 162 valence electrons. The topological polar surface area (TPSA) is 49.9 Å². The first-order valence-corrected chi connectivity index (χ1v) is 10.5. The van der Waals surface area contributed by atoms with Crippen molar-refractivity contribution in [1.82, 2.24) is 4.90 Å². The normalized spacial score (nSPS) is 12.6. The summed E-state index contributed by atoms with van der Waals surface area (Å²) in [6, 6.07) is 9.61. The van der Waals surface area contributed by atoms with Gasteiger partial charge in [0.2, 0.25) is 0 Å². The largest absolute Gasteiger partial charge is 0.484 e. The fourth-order valence-corrected chi connectivity index (χ4v) is 3.36. The summed E-state index contributed by atoms with van der Waals surface area (Å²) in [5, 5.41) is 0. The monoisotopic (exact) mass is 418 g/mol. The quantitative estimate of drug-likeness (QED) is 0.687. The minimum absolute atomic E-state index is 0.0348. The molecule has 1 aliphatic carbocycles. The van der Waals surface area contributed by atoms with E-state index in [1.807, 2.05) is 39.0 Å². The zero-order valence-electron chi connectivity index (χ0n) is 19.2. The van der Waals surface area contributed by atoms with E-state index < -0.39 is 0 Å². The van der Waals surface area contributed by atoms with Gasteiger partial charge in [-0.15, -0.1) is 0 Å². The number of nitrogens with zero attached hydrogens (tertiary/aromatic N) is 2. The molecule has 1 fully saturated rings. The highest BCUT2D eigenvalue weighted by Crippen LogP contribution is 2.29. The van der Waals surface area contributed by atoms with E-state index in [1.54, 1.807) is 38.2 Å². The lowest BCUT2D eigenvalue weighted by molar-refractivity contribution is -0.130. The third kappa shape index (κ3) is 5.46. The molecule has 0 heterocycles. The number of ether oxygens (including phenoxy) is 1. The summed E-state index contributed by atoms with van der Waals surface area (Å²) in [7, 11) is 5.17. The number of aryl methyl sites for hydroxylation is 3. The van der Waals surface area contributed by atoms with Crippen LogP contribution in [0.15, 0.2) is 30.3 Å². The molecule has 0 atom stereocenters. The van der Waals surface area contributed by atoms with Crippen LogP contribution in [0.1, 0.15) is 45.5 Å². The predicted octanol–water partition coefficient (Wildman–Crippen LogP) is 4.12. The van der Waals surface area contributed by atoms with Crippen LogP contribution in [-0.4, -0.2) is 44.5 Å². The number of carbonyl (C=O) groups is 2. The van der Waals surface area contributed by atoms with Gasteiger partial charge in [0.25, 0.3) is 11.8 Å². The van der Waals surface area contributed by atoms with Crippen LogP contribution in [0.25, 0.3) is 0 Å². The second-order valence-corrected chi connectivity index (χ2v) is 8.42. The smallest absolute Gasteiger partial charge is 0.259 e. The summed E-state index contributed by atoms with van der Waals surface area (Å²) >= 11 is 0. The Kier molecular flexibility index (Phi) is 6.70. The summed E-state index contributed by atoms with van der Waals surface area (Å²) in [6.45, 7) is 5.74. The number of benzene rings is 2. The van der Waals surface area contributed by atoms with Gasteiger partial charge in [0.15, 0.2) is 6.61 Å². The summed E-state index contributed by atoms with van der Waals surface area (Å²) < 4.78 is 5.63. The van der Waals surface area contributed by atoms with Crippen molar-refractivity contribution in [2.24, 2.45) is 5.92 Å². The molecular formula is C26H30N2O3. The fraction of sp³-hybridized carbons (Fsp3) is 0.385. The van der Waals surface area contributed by atoms with Gasteiger partial charge in [0.1, 0.15) is 5.75 Å². The average Bonchev–Trinajstić information content (AvgIpc) is 3.54. The van der Waals surface area contributed by atoms with E-state index in [0.29, 0.717) is 17.2 Å². The zero-order valence-corrected chi connectivity index (χ0v) is 19.2. The lowest BCUT2D eigenvalue weighted by Crippen LogP contribution is -2.29. The molecule has 0 bridgehead atoms. The van der Waals surface area contributed by atoms with Crippen molar-refractivity contribution in [3.63, 3.8) is 0 Å². The van der Waals surface area contributed by atoms with Crippen molar-refractivity contribution < 1.29 is 14.3 Å². The molecule has 5 heteroatoms. The Morgan fingerprint density at radius 3 is 2.23 bits per heavy atom. The molecule has 1 saturated carbocycles. The van der Waals surface area contributed by atoms with Gasteiger partial charge in [-0.05, 0) is 74.6 Å². The molecule has 1 aliphatic rings. The lowest BCUT2D eigenvalue weighted by Gasteiger charge is -2.22. The first-order chi connectivity index (χ1) is 14.7. The van der Waals surface area contributed by atoms with E-state index >= 15 is 0 Å². The summed E-state index contributed by atoms with van der Waals surface area (Å²) in [4.78, 5) is 28.3. The molecule has 0 aromatic heterocycles. The summed E-state index contributed by atoms with van der Waals surface area (Å²) in [6.07, 6.45) is 2.37. The SMILES string of the molecule is Cc1ccc(C#CC2CC2)cc1N(C)C(=O)c1c(C)cc(OCC(=O)N(C)C)cc1C. The molecule has 0 saturated heterocycles. The van der Waals surface area contributed by atoms with Crippen LogP contribution in [0.5, 0.6) is 5.75 Å². The highest BCUT2D eigenvalue weighted by Gasteiger charge is 2.21. The third-order valence-corrected chi connectivity index (χ3v) is 5.45. The Bertz CT molecular complexity index is 1050. The van der Waals surface area contributed by atoms with Gasteiger partial charge in [-0.25, -0.2) is 0 Å². The summed E-state index contributed by atoms with van der Waals surface area (Å²) in [5.74, 6) is 7.42. The minimum Gasteiger partial charge on any atom is -0.484 e. The maximum Gasteiger partial charge on any atom is 0.259 e. The van der Waals surface area contributed by atoms with Crippen LogP contribution < -0.4 is 9.64 Å². The first kappa shape index (κ1) is 22.4. The van der Waals surface area contributed by atoms with Gasteiger partial charge in [-0.2, -0.15) is 0 Å². The molecule has 0 aliphatic heterocycles. The second-order valence-electron chi connectivity index (χ2n) is 8.42. The fourth-order valence-electron chi connectivity index (χ4n) is 3.36. The van der Waals surface area contributed by atoms with Crippen LogP contribution >= 0.6 is 0 Å². The van der Waals surface area contributed by atoms with Crippen LogP contribution in [0.3, 0.4) is 0 Å².